The summed E-state index contributed by atoms with van der Waals surface area (Å²) in [5.74, 6) is -0.281. The number of nitrogens with zero attached hydrogens (tertiary/aromatic N) is 2. The van der Waals surface area contributed by atoms with E-state index in [9.17, 15) is 4.79 Å². The van der Waals surface area contributed by atoms with Crippen LogP contribution in [0.2, 0.25) is 0 Å². The van der Waals surface area contributed by atoms with Gasteiger partial charge in [-0.1, -0.05) is 67.9 Å². The number of nitrogens with two attached hydrogens (primary N) is 1. The van der Waals surface area contributed by atoms with E-state index in [1.54, 1.807) is 0 Å². The lowest BCUT2D eigenvalue weighted by Crippen LogP contribution is -2.26. The number of rotatable bonds is 5. The SMILES string of the molecule is CCCCNC(=O)c1nnc2c(-c3ccc4ccccc4c3)cccc2c1N. The smallest absolute Gasteiger partial charge is 0.273 e. The summed E-state index contributed by atoms with van der Waals surface area (Å²) < 4.78 is 0. The lowest BCUT2D eigenvalue weighted by Gasteiger charge is -2.11. The van der Waals surface area contributed by atoms with Crippen LogP contribution in [-0.4, -0.2) is 22.6 Å². The number of nitrogens with one attached hydrogen (secondary N) is 1. The molecule has 28 heavy (non-hydrogen) atoms. The number of carbonyl (C=O) groups is 1. The lowest BCUT2D eigenvalue weighted by atomic mass is 9.98. The van der Waals surface area contributed by atoms with E-state index in [4.69, 9.17) is 5.73 Å². The molecular weight excluding hydrogens is 348 g/mol. The highest BCUT2D eigenvalue weighted by atomic mass is 16.1. The summed E-state index contributed by atoms with van der Waals surface area (Å²) in [7, 11) is 0. The molecule has 0 radical (unpaired) electrons. The Bertz CT molecular complexity index is 1170. The molecule has 0 fully saturated rings. The molecule has 4 rings (SSSR count). The van der Waals surface area contributed by atoms with Crippen LogP contribution >= 0.6 is 0 Å². The molecule has 3 aromatic carbocycles. The maximum absolute atomic E-state index is 12.4. The van der Waals surface area contributed by atoms with E-state index in [-0.39, 0.29) is 11.6 Å². The fourth-order valence-corrected chi connectivity index (χ4v) is 3.37. The molecule has 0 saturated carbocycles. The van der Waals surface area contributed by atoms with Gasteiger partial charge in [-0.25, -0.2) is 0 Å². The summed E-state index contributed by atoms with van der Waals surface area (Å²) in [5, 5.41) is 14.4. The highest BCUT2D eigenvalue weighted by molar-refractivity contribution is 6.07. The molecule has 0 aliphatic heterocycles. The Labute approximate surface area is 163 Å². The third kappa shape index (κ3) is 3.27. The van der Waals surface area contributed by atoms with E-state index in [0.29, 0.717) is 17.7 Å². The lowest BCUT2D eigenvalue weighted by molar-refractivity contribution is 0.0948. The number of fused-ring (bicyclic) bond motifs is 2. The van der Waals surface area contributed by atoms with Crippen molar-refractivity contribution in [1.29, 1.82) is 0 Å². The second-order valence-electron chi connectivity index (χ2n) is 6.84. The molecule has 0 saturated heterocycles. The second-order valence-corrected chi connectivity index (χ2v) is 6.84. The van der Waals surface area contributed by atoms with Crippen molar-refractivity contribution in [2.24, 2.45) is 0 Å². The number of hydrogen-bond donors (Lipinski definition) is 2. The fourth-order valence-electron chi connectivity index (χ4n) is 3.37. The van der Waals surface area contributed by atoms with Crippen LogP contribution in [-0.2, 0) is 0 Å². The average Bonchev–Trinajstić information content (AvgIpc) is 2.73. The Balaban J connectivity index is 1.78. The quantitative estimate of drug-likeness (QED) is 0.505. The normalized spacial score (nSPS) is 11.0. The zero-order chi connectivity index (χ0) is 19.5. The van der Waals surface area contributed by atoms with E-state index in [2.05, 4.69) is 52.8 Å². The monoisotopic (exact) mass is 370 g/mol. The van der Waals surface area contributed by atoms with Gasteiger partial charge in [0.1, 0.15) is 5.52 Å². The van der Waals surface area contributed by atoms with Gasteiger partial charge < -0.3 is 11.1 Å². The van der Waals surface area contributed by atoms with Crippen molar-refractivity contribution in [2.45, 2.75) is 19.8 Å². The molecule has 0 atom stereocenters. The van der Waals surface area contributed by atoms with Gasteiger partial charge in [-0.3, -0.25) is 4.79 Å². The molecule has 140 valence electrons. The van der Waals surface area contributed by atoms with E-state index in [0.717, 1.165) is 34.7 Å². The molecule has 5 nitrogen and oxygen atoms in total. The minimum absolute atomic E-state index is 0.180. The van der Waals surface area contributed by atoms with Gasteiger partial charge in [-0.15, -0.1) is 10.2 Å². The molecule has 0 bridgehead atoms. The number of benzene rings is 3. The topological polar surface area (TPSA) is 80.9 Å². The van der Waals surface area contributed by atoms with Crippen molar-refractivity contribution in [1.82, 2.24) is 15.5 Å². The number of carbonyl (C=O) groups excluding carboxylic acids is 1. The predicted octanol–water partition coefficient (Wildman–Crippen LogP) is 4.56. The summed E-state index contributed by atoms with van der Waals surface area (Å²) in [6.45, 7) is 2.68. The standard InChI is InChI=1S/C23H22N4O/c1-2-3-13-25-23(28)22-20(24)19-10-6-9-18(21(19)26-27-22)17-12-11-15-7-4-5-8-16(15)14-17/h4-12,14H,2-3,13H2,1H3,(H2,24,26)(H,25,28). The van der Waals surface area contributed by atoms with Gasteiger partial charge in [0.2, 0.25) is 0 Å². The Morgan fingerprint density at radius 1 is 1.00 bits per heavy atom. The first-order chi connectivity index (χ1) is 13.7. The Morgan fingerprint density at radius 2 is 1.82 bits per heavy atom. The number of unbranched alkanes of at least 4 members (excludes halogenated alkanes) is 1. The summed E-state index contributed by atoms with van der Waals surface area (Å²) in [6, 6.07) is 20.3. The number of nitrogen functional groups attached to an aromatic ring is 1. The number of amides is 1. The van der Waals surface area contributed by atoms with Gasteiger partial charge >= 0.3 is 0 Å². The predicted molar refractivity (Wildman–Crippen MR) is 114 cm³/mol. The minimum Gasteiger partial charge on any atom is -0.396 e. The van der Waals surface area contributed by atoms with Gasteiger partial charge in [-0.05, 0) is 28.8 Å². The van der Waals surface area contributed by atoms with E-state index in [1.165, 1.54) is 5.39 Å². The van der Waals surface area contributed by atoms with Gasteiger partial charge in [-0.2, -0.15) is 0 Å². The van der Waals surface area contributed by atoms with Crippen LogP contribution in [0.15, 0.2) is 60.7 Å². The van der Waals surface area contributed by atoms with Crippen molar-refractivity contribution in [3.63, 3.8) is 0 Å². The van der Waals surface area contributed by atoms with E-state index >= 15 is 0 Å². The molecule has 0 spiro atoms. The second kappa shape index (κ2) is 7.64. The zero-order valence-corrected chi connectivity index (χ0v) is 15.8. The third-order valence-electron chi connectivity index (χ3n) is 4.92. The van der Waals surface area contributed by atoms with Crippen molar-refractivity contribution < 1.29 is 4.79 Å². The molecule has 0 aliphatic carbocycles. The fraction of sp³-hybridized carbons (Fsp3) is 0.174. The highest BCUT2D eigenvalue weighted by Crippen LogP contribution is 2.32. The van der Waals surface area contributed by atoms with Crippen LogP contribution in [0.3, 0.4) is 0 Å². The molecular formula is C23H22N4O. The van der Waals surface area contributed by atoms with E-state index in [1.807, 2.05) is 30.3 Å². The summed E-state index contributed by atoms with van der Waals surface area (Å²) in [6.07, 6.45) is 1.92. The molecule has 1 aromatic heterocycles. The van der Waals surface area contributed by atoms with Crippen molar-refractivity contribution >= 4 is 33.3 Å². The number of anilines is 1. The maximum atomic E-state index is 12.4. The van der Waals surface area contributed by atoms with Crippen LogP contribution in [0.4, 0.5) is 5.69 Å². The first-order valence-corrected chi connectivity index (χ1v) is 9.51. The Kier molecular flexibility index (Phi) is 4.89. The van der Waals surface area contributed by atoms with E-state index < -0.39 is 0 Å². The van der Waals surface area contributed by atoms with Crippen LogP contribution < -0.4 is 11.1 Å². The largest absolute Gasteiger partial charge is 0.396 e. The minimum atomic E-state index is -0.281. The molecule has 3 N–H and O–H groups in total. The van der Waals surface area contributed by atoms with Gasteiger partial charge in [0, 0.05) is 17.5 Å². The molecule has 0 unspecified atom stereocenters. The Morgan fingerprint density at radius 3 is 2.64 bits per heavy atom. The maximum Gasteiger partial charge on any atom is 0.273 e. The molecule has 5 heteroatoms. The zero-order valence-electron chi connectivity index (χ0n) is 15.8. The Hall–Kier alpha value is -3.47. The summed E-state index contributed by atoms with van der Waals surface area (Å²) in [4.78, 5) is 12.4. The summed E-state index contributed by atoms with van der Waals surface area (Å²) in [5.41, 5.74) is 9.52. The van der Waals surface area contributed by atoms with Crippen molar-refractivity contribution in [3.05, 3.63) is 66.4 Å². The van der Waals surface area contributed by atoms with Crippen molar-refractivity contribution in [2.75, 3.05) is 12.3 Å². The van der Waals surface area contributed by atoms with Crippen molar-refractivity contribution in [3.8, 4) is 11.1 Å². The number of hydrogen-bond acceptors (Lipinski definition) is 4. The highest BCUT2D eigenvalue weighted by Gasteiger charge is 2.17. The molecule has 0 aliphatic rings. The van der Waals surface area contributed by atoms with Crippen LogP contribution in [0.25, 0.3) is 32.8 Å². The molecule has 4 aromatic rings. The first kappa shape index (κ1) is 17.9. The first-order valence-electron chi connectivity index (χ1n) is 9.51. The van der Waals surface area contributed by atoms with Crippen LogP contribution in [0.1, 0.15) is 30.3 Å². The van der Waals surface area contributed by atoms with Crippen LogP contribution in [0.5, 0.6) is 0 Å². The van der Waals surface area contributed by atoms with Gasteiger partial charge in [0.25, 0.3) is 5.91 Å². The average molecular weight is 370 g/mol. The molecule has 1 heterocycles. The number of aromatic nitrogens is 2. The summed E-state index contributed by atoms with van der Waals surface area (Å²) >= 11 is 0. The van der Waals surface area contributed by atoms with Crippen LogP contribution in [0, 0.1) is 0 Å². The molecule has 1 amide bonds. The third-order valence-corrected chi connectivity index (χ3v) is 4.92. The van der Waals surface area contributed by atoms with Gasteiger partial charge in [0.05, 0.1) is 5.69 Å². The van der Waals surface area contributed by atoms with Gasteiger partial charge in [0.15, 0.2) is 5.69 Å².